The molecule has 2 aliphatic rings. The molecule has 2 atom stereocenters. The molecule has 0 unspecified atom stereocenters. The van der Waals surface area contributed by atoms with Crippen LogP contribution >= 0.6 is 0 Å². The predicted octanol–water partition coefficient (Wildman–Crippen LogP) is 5.30. The Morgan fingerprint density at radius 2 is 1.89 bits per heavy atom. The lowest BCUT2D eigenvalue weighted by molar-refractivity contribution is -0.385. The van der Waals surface area contributed by atoms with Crippen LogP contribution in [0.1, 0.15) is 57.6 Å². The highest BCUT2D eigenvalue weighted by Crippen LogP contribution is 2.59. The molecule has 2 aromatic rings. The molecular formula is C21H25NO5. The lowest BCUT2D eigenvalue weighted by Gasteiger charge is -2.53. The van der Waals surface area contributed by atoms with Crippen molar-refractivity contribution in [2.45, 2.75) is 58.3 Å². The van der Waals surface area contributed by atoms with Gasteiger partial charge in [-0.15, -0.1) is 0 Å². The van der Waals surface area contributed by atoms with Crippen LogP contribution in [0.3, 0.4) is 0 Å². The van der Waals surface area contributed by atoms with Gasteiger partial charge in [-0.1, -0.05) is 27.2 Å². The summed E-state index contributed by atoms with van der Waals surface area (Å²) >= 11 is 0. The fourth-order valence-corrected chi connectivity index (χ4v) is 5.74. The van der Waals surface area contributed by atoms with E-state index in [1.54, 1.807) is 6.26 Å². The van der Waals surface area contributed by atoms with E-state index in [0.717, 1.165) is 42.9 Å². The van der Waals surface area contributed by atoms with Crippen LogP contribution in [0, 0.1) is 21.4 Å². The molecule has 27 heavy (non-hydrogen) atoms. The maximum Gasteiger partial charge on any atom is 0.325 e. The first kappa shape index (κ1) is 17.9. The Bertz CT molecular complexity index is 929. The normalized spacial score (nSPS) is 26.3. The van der Waals surface area contributed by atoms with Crippen LogP contribution in [0.5, 0.6) is 11.5 Å². The van der Waals surface area contributed by atoms with E-state index in [2.05, 4.69) is 20.8 Å². The summed E-state index contributed by atoms with van der Waals surface area (Å²) in [4.78, 5) is 10.9. The third-order valence-electron chi connectivity index (χ3n) is 6.97. The molecule has 6 nitrogen and oxygen atoms in total. The quantitative estimate of drug-likeness (QED) is 0.424. The van der Waals surface area contributed by atoms with Gasteiger partial charge in [0.25, 0.3) is 0 Å². The number of nitrogens with zero attached hydrogens (tertiary/aromatic N) is 1. The number of nitro benzene ring substituents is 1. The lowest BCUT2D eigenvalue weighted by atomic mass is 9.51. The number of rotatable bonds is 2. The molecule has 1 fully saturated rings. The van der Waals surface area contributed by atoms with E-state index < -0.39 is 16.4 Å². The van der Waals surface area contributed by atoms with Gasteiger partial charge in [0.1, 0.15) is 17.1 Å². The second-order valence-electron chi connectivity index (χ2n) is 8.89. The summed E-state index contributed by atoms with van der Waals surface area (Å²) in [6, 6.07) is 2.40. The number of hydrogen-bond donors (Lipinski definition) is 2. The van der Waals surface area contributed by atoms with Crippen LogP contribution in [0.4, 0.5) is 5.69 Å². The molecule has 1 heterocycles. The van der Waals surface area contributed by atoms with Gasteiger partial charge in [-0.3, -0.25) is 10.1 Å². The molecule has 1 aromatic carbocycles. The number of benzene rings is 1. The molecule has 1 saturated carbocycles. The van der Waals surface area contributed by atoms with E-state index in [-0.39, 0.29) is 22.1 Å². The summed E-state index contributed by atoms with van der Waals surface area (Å²) in [5.74, 6) is 0.0992. The Labute approximate surface area is 158 Å². The molecule has 2 aliphatic carbocycles. The Morgan fingerprint density at radius 1 is 1.19 bits per heavy atom. The zero-order valence-electron chi connectivity index (χ0n) is 15.9. The van der Waals surface area contributed by atoms with Gasteiger partial charge in [0, 0.05) is 11.1 Å². The summed E-state index contributed by atoms with van der Waals surface area (Å²) in [7, 11) is 0. The average Bonchev–Trinajstić information content (AvgIpc) is 3.00. The summed E-state index contributed by atoms with van der Waals surface area (Å²) in [6.45, 7) is 6.92. The van der Waals surface area contributed by atoms with Crippen molar-refractivity contribution in [1.82, 2.24) is 0 Å². The monoisotopic (exact) mass is 371 g/mol. The summed E-state index contributed by atoms with van der Waals surface area (Å²) in [5.41, 5.74) is 1.68. The van der Waals surface area contributed by atoms with Crippen molar-refractivity contribution in [3.63, 3.8) is 0 Å². The second kappa shape index (κ2) is 5.75. The minimum Gasteiger partial charge on any atom is -0.507 e. The molecule has 4 rings (SSSR count). The first-order valence-corrected chi connectivity index (χ1v) is 9.47. The third-order valence-corrected chi connectivity index (χ3v) is 6.97. The van der Waals surface area contributed by atoms with Crippen molar-refractivity contribution in [3.8, 4) is 22.8 Å². The van der Waals surface area contributed by atoms with E-state index in [0.29, 0.717) is 11.7 Å². The smallest absolute Gasteiger partial charge is 0.325 e. The number of nitro groups is 1. The molecule has 0 bridgehead atoms. The van der Waals surface area contributed by atoms with Gasteiger partial charge in [0.15, 0.2) is 5.75 Å². The summed E-state index contributed by atoms with van der Waals surface area (Å²) < 4.78 is 5.84. The Morgan fingerprint density at radius 3 is 2.59 bits per heavy atom. The Kier molecular flexibility index (Phi) is 3.81. The zero-order chi connectivity index (χ0) is 19.6. The number of phenolic OH excluding ortho intramolecular Hbond substituents is 2. The molecule has 0 amide bonds. The highest BCUT2D eigenvalue weighted by Gasteiger charge is 2.51. The standard InChI is InChI=1S/C21H25NO5/c1-20(2)9-4-10-21(3)13-11-27-19(12(13)5-8-16(20)21)17-14(23)6-7-15(24)18(17)22(25)26/h6-7,11,16,23-24H,4-5,8-10H2,1-3H3/t16-,21+/m0/s1. The van der Waals surface area contributed by atoms with Crippen LogP contribution in [0.2, 0.25) is 0 Å². The molecule has 6 heteroatoms. The SMILES string of the molecule is CC1(C)CCC[C@]2(C)c3coc(-c4c(O)ccc(O)c4[N+](=O)[O-])c3CC[C@@H]12. The topological polar surface area (TPSA) is 96.7 Å². The second-order valence-corrected chi connectivity index (χ2v) is 8.89. The van der Waals surface area contributed by atoms with Gasteiger partial charge in [-0.05, 0) is 54.6 Å². The van der Waals surface area contributed by atoms with Crippen molar-refractivity contribution >= 4 is 5.69 Å². The van der Waals surface area contributed by atoms with E-state index in [1.165, 1.54) is 12.5 Å². The minimum absolute atomic E-state index is 0.0293. The van der Waals surface area contributed by atoms with Crippen LogP contribution in [-0.2, 0) is 11.8 Å². The summed E-state index contributed by atoms with van der Waals surface area (Å²) in [5, 5.41) is 31.9. The van der Waals surface area contributed by atoms with Gasteiger partial charge < -0.3 is 14.6 Å². The molecule has 0 saturated heterocycles. The van der Waals surface area contributed by atoms with Crippen molar-refractivity contribution < 1.29 is 19.6 Å². The first-order valence-electron chi connectivity index (χ1n) is 9.47. The average molecular weight is 371 g/mol. The van der Waals surface area contributed by atoms with E-state index >= 15 is 0 Å². The molecule has 144 valence electrons. The highest BCUT2D eigenvalue weighted by molar-refractivity contribution is 5.82. The Hall–Kier alpha value is -2.50. The van der Waals surface area contributed by atoms with E-state index in [9.17, 15) is 20.3 Å². The summed E-state index contributed by atoms with van der Waals surface area (Å²) in [6.07, 6.45) is 6.84. The van der Waals surface area contributed by atoms with E-state index in [1.807, 2.05) is 0 Å². The van der Waals surface area contributed by atoms with Crippen molar-refractivity contribution in [1.29, 1.82) is 0 Å². The molecular weight excluding hydrogens is 346 g/mol. The number of phenols is 2. The molecule has 0 radical (unpaired) electrons. The predicted molar refractivity (Wildman–Crippen MR) is 101 cm³/mol. The number of aromatic hydroxyl groups is 2. The maximum atomic E-state index is 11.5. The fourth-order valence-electron chi connectivity index (χ4n) is 5.74. The fraction of sp³-hybridized carbons (Fsp3) is 0.524. The first-order chi connectivity index (χ1) is 12.7. The number of fused-ring (bicyclic) bond motifs is 3. The van der Waals surface area contributed by atoms with Gasteiger partial charge in [-0.25, -0.2) is 0 Å². The highest BCUT2D eigenvalue weighted by atomic mass is 16.6. The molecule has 1 aromatic heterocycles. The van der Waals surface area contributed by atoms with Crippen LogP contribution < -0.4 is 0 Å². The van der Waals surface area contributed by atoms with Crippen LogP contribution in [0.25, 0.3) is 11.3 Å². The number of hydrogen-bond acceptors (Lipinski definition) is 5. The van der Waals surface area contributed by atoms with Gasteiger partial charge >= 0.3 is 5.69 Å². The largest absolute Gasteiger partial charge is 0.507 e. The van der Waals surface area contributed by atoms with Crippen LogP contribution in [0.15, 0.2) is 22.8 Å². The Balaban J connectivity index is 1.91. The molecule has 0 aliphatic heterocycles. The zero-order valence-corrected chi connectivity index (χ0v) is 15.9. The van der Waals surface area contributed by atoms with Crippen molar-refractivity contribution in [2.75, 3.05) is 0 Å². The third kappa shape index (κ3) is 2.46. The molecule has 2 N–H and O–H groups in total. The number of furan rings is 1. The van der Waals surface area contributed by atoms with Crippen molar-refractivity contribution in [2.24, 2.45) is 11.3 Å². The van der Waals surface area contributed by atoms with Crippen LogP contribution in [-0.4, -0.2) is 15.1 Å². The van der Waals surface area contributed by atoms with Crippen molar-refractivity contribution in [3.05, 3.63) is 39.6 Å². The molecule has 0 spiro atoms. The maximum absolute atomic E-state index is 11.5. The minimum atomic E-state index is -0.670. The van der Waals surface area contributed by atoms with E-state index in [4.69, 9.17) is 4.42 Å². The lowest BCUT2D eigenvalue weighted by Crippen LogP contribution is -2.47. The van der Waals surface area contributed by atoms with Gasteiger partial charge in [0.05, 0.1) is 11.2 Å². The van der Waals surface area contributed by atoms with Gasteiger partial charge in [-0.2, -0.15) is 0 Å². The van der Waals surface area contributed by atoms with Gasteiger partial charge in [0.2, 0.25) is 0 Å².